The van der Waals surface area contributed by atoms with Gasteiger partial charge in [-0.05, 0) is 62.9 Å². The maximum Gasteiger partial charge on any atom is 0.261 e. The summed E-state index contributed by atoms with van der Waals surface area (Å²) < 4.78 is 18.6. The maximum absolute atomic E-state index is 12.9. The van der Waals surface area contributed by atoms with Gasteiger partial charge in [0.05, 0.1) is 0 Å². The van der Waals surface area contributed by atoms with Crippen LogP contribution in [0.4, 0.5) is 4.39 Å². The molecular formula is C20H31FN2O2. The molecule has 0 spiro atoms. The third kappa shape index (κ3) is 6.31. The van der Waals surface area contributed by atoms with Crippen molar-refractivity contribution in [3.63, 3.8) is 0 Å². The van der Waals surface area contributed by atoms with Crippen molar-refractivity contribution in [1.29, 1.82) is 0 Å². The van der Waals surface area contributed by atoms with Crippen molar-refractivity contribution in [2.75, 3.05) is 19.6 Å². The Kier molecular flexibility index (Phi) is 8.19. The lowest BCUT2D eigenvalue weighted by molar-refractivity contribution is -0.128. The minimum atomic E-state index is -0.538. The van der Waals surface area contributed by atoms with Crippen LogP contribution in [0.25, 0.3) is 0 Å². The van der Waals surface area contributed by atoms with Gasteiger partial charge in [0.15, 0.2) is 6.10 Å². The number of carbonyl (C=O) groups excluding carboxylic acids is 1. The van der Waals surface area contributed by atoms with Gasteiger partial charge in [-0.25, -0.2) is 4.39 Å². The first-order chi connectivity index (χ1) is 12.1. The molecule has 1 aliphatic rings. The van der Waals surface area contributed by atoms with E-state index >= 15 is 0 Å². The van der Waals surface area contributed by atoms with Crippen LogP contribution in [-0.4, -0.2) is 42.6 Å². The van der Waals surface area contributed by atoms with Gasteiger partial charge in [0.2, 0.25) is 0 Å². The zero-order valence-electron chi connectivity index (χ0n) is 15.5. The van der Waals surface area contributed by atoms with Gasteiger partial charge in [0, 0.05) is 19.1 Å². The molecule has 0 bridgehead atoms. The van der Waals surface area contributed by atoms with Gasteiger partial charge in [-0.1, -0.05) is 20.3 Å². The molecule has 1 aromatic carbocycles. The zero-order valence-corrected chi connectivity index (χ0v) is 15.5. The normalized spacial score (nSPS) is 19.4. The fraction of sp³-hybridized carbons (Fsp3) is 0.650. The van der Waals surface area contributed by atoms with E-state index in [1.165, 1.54) is 44.4 Å². The lowest BCUT2D eigenvalue weighted by Gasteiger charge is -2.35. The number of ether oxygens (including phenoxy) is 1. The fourth-order valence-corrected chi connectivity index (χ4v) is 3.42. The summed E-state index contributed by atoms with van der Waals surface area (Å²) in [5, 5.41) is 2.97. The van der Waals surface area contributed by atoms with E-state index in [9.17, 15) is 9.18 Å². The van der Waals surface area contributed by atoms with E-state index < -0.39 is 6.10 Å². The average molecular weight is 350 g/mol. The van der Waals surface area contributed by atoms with E-state index in [0.717, 1.165) is 13.0 Å². The van der Waals surface area contributed by atoms with Crippen LogP contribution in [0.2, 0.25) is 0 Å². The topological polar surface area (TPSA) is 41.6 Å². The Morgan fingerprint density at radius 2 is 2.08 bits per heavy atom. The monoisotopic (exact) mass is 350 g/mol. The van der Waals surface area contributed by atoms with Crippen molar-refractivity contribution >= 4 is 5.91 Å². The molecule has 5 heteroatoms. The van der Waals surface area contributed by atoms with Gasteiger partial charge in [0.1, 0.15) is 11.6 Å². The van der Waals surface area contributed by atoms with Crippen LogP contribution in [0.1, 0.15) is 52.4 Å². The van der Waals surface area contributed by atoms with Gasteiger partial charge in [0.25, 0.3) is 5.91 Å². The third-order valence-electron chi connectivity index (χ3n) is 4.90. The van der Waals surface area contributed by atoms with E-state index in [0.29, 0.717) is 24.8 Å². The molecule has 140 valence electrons. The Morgan fingerprint density at radius 1 is 1.32 bits per heavy atom. The molecule has 1 aliphatic heterocycles. The molecule has 1 saturated heterocycles. The molecule has 1 N–H and O–H groups in total. The molecule has 0 aromatic heterocycles. The molecule has 25 heavy (non-hydrogen) atoms. The molecule has 0 unspecified atom stereocenters. The number of nitrogens with zero attached hydrogens (tertiary/aromatic N) is 1. The van der Waals surface area contributed by atoms with E-state index in [1.54, 1.807) is 12.1 Å². The standard InChI is InChI=1S/C20H31FN2O2/c1-3-17-8-5-6-14-23(17)15-7-13-22-20(24)19(4-2)25-18-11-9-16(21)10-12-18/h9-12,17,19H,3-8,13-15H2,1-2H3,(H,22,24)/t17-,19-/m1/s1. The number of hydrogen-bond donors (Lipinski definition) is 1. The minimum Gasteiger partial charge on any atom is -0.481 e. The molecule has 1 heterocycles. The largest absolute Gasteiger partial charge is 0.481 e. The molecule has 0 saturated carbocycles. The summed E-state index contributed by atoms with van der Waals surface area (Å²) >= 11 is 0. The quantitative estimate of drug-likeness (QED) is 0.690. The molecule has 0 radical (unpaired) electrons. The zero-order chi connectivity index (χ0) is 18.1. The van der Waals surface area contributed by atoms with E-state index in [-0.39, 0.29) is 11.7 Å². The highest BCUT2D eigenvalue weighted by atomic mass is 19.1. The van der Waals surface area contributed by atoms with Crippen LogP contribution < -0.4 is 10.1 Å². The SMILES string of the molecule is CC[C@@H]1CCCCN1CCCNC(=O)[C@@H](CC)Oc1ccc(F)cc1. The lowest BCUT2D eigenvalue weighted by atomic mass is 10.00. The smallest absolute Gasteiger partial charge is 0.261 e. The van der Waals surface area contributed by atoms with E-state index in [1.807, 2.05) is 6.92 Å². The number of amides is 1. The second kappa shape index (κ2) is 10.4. The van der Waals surface area contributed by atoms with Crippen LogP contribution in [-0.2, 0) is 4.79 Å². The van der Waals surface area contributed by atoms with Crippen molar-refractivity contribution < 1.29 is 13.9 Å². The third-order valence-corrected chi connectivity index (χ3v) is 4.90. The summed E-state index contributed by atoms with van der Waals surface area (Å²) in [4.78, 5) is 14.9. The number of piperidine rings is 1. The second-order valence-corrected chi connectivity index (χ2v) is 6.71. The van der Waals surface area contributed by atoms with Crippen LogP contribution in [0.15, 0.2) is 24.3 Å². The second-order valence-electron chi connectivity index (χ2n) is 6.71. The lowest BCUT2D eigenvalue weighted by Crippen LogP contribution is -2.42. The summed E-state index contributed by atoms with van der Waals surface area (Å²) in [7, 11) is 0. The first-order valence-electron chi connectivity index (χ1n) is 9.58. The molecule has 4 nitrogen and oxygen atoms in total. The molecule has 0 aliphatic carbocycles. The summed E-state index contributed by atoms with van der Waals surface area (Å²) in [6.45, 7) is 7.04. The van der Waals surface area contributed by atoms with Crippen molar-refractivity contribution in [2.24, 2.45) is 0 Å². The highest BCUT2D eigenvalue weighted by Gasteiger charge is 2.21. The Hall–Kier alpha value is -1.62. The van der Waals surface area contributed by atoms with E-state index in [2.05, 4.69) is 17.1 Å². The number of carbonyl (C=O) groups is 1. The van der Waals surface area contributed by atoms with Crippen molar-refractivity contribution in [1.82, 2.24) is 10.2 Å². The number of hydrogen-bond acceptors (Lipinski definition) is 3. The number of likely N-dealkylation sites (tertiary alicyclic amines) is 1. The summed E-state index contributed by atoms with van der Waals surface area (Å²) in [5.41, 5.74) is 0. The molecule has 2 rings (SSSR count). The molecular weight excluding hydrogens is 319 g/mol. The molecule has 1 fully saturated rings. The van der Waals surface area contributed by atoms with Gasteiger partial charge in [-0.2, -0.15) is 0 Å². The maximum atomic E-state index is 12.9. The highest BCUT2D eigenvalue weighted by Crippen LogP contribution is 2.19. The predicted octanol–water partition coefficient (Wildman–Crippen LogP) is 3.75. The van der Waals surface area contributed by atoms with Crippen LogP contribution in [0, 0.1) is 5.82 Å². The number of nitrogens with one attached hydrogen (secondary N) is 1. The first-order valence-corrected chi connectivity index (χ1v) is 9.58. The van der Waals surface area contributed by atoms with Crippen LogP contribution in [0.5, 0.6) is 5.75 Å². The molecule has 1 aromatic rings. The minimum absolute atomic E-state index is 0.0995. The van der Waals surface area contributed by atoms with Gasteiger partial charge < -0.3 is 15.0 Å². The van der Waals surface area contributed by atoms with Crippen LogP contribution >= 0.6 is 0 Å². The van der Waals surface area contributed by atoms with Crippen molar-refractivity contribution in [3.8, 4) is 5.75 Å². The van der Waals surface area contributed by atoms with Gasteiger partial charge in [-0.15, -0.1) is 0 Å². The van der Waals surface area contributed by atoms with Crippen LogP contribution in [0.3, 0.4) is 0 Å². The average Bonchev–Trinajstić information content (AvgIpc) is 2.64. The van der Waals surface area contributed by atoms with Gasteiger partial charge in [-0.3, -0.25) is 4.79 Å². The van der Waals surface area contributed by atoms with E-state index in [4.69, 9.17) is 4.74 Å². The Balaban J connectivity index is 1.71. The predicted molar refractivity (Wildman–Crippen MR) is 98.2 cm³/mol. The van der Waals surface area contributed by atoms with Crippen molar-refractivity contribution in [3.05, 3.63) is 30.1 Å². The fourth-order valence-electron chi connectivity index (χ4n) is 3.42. The molecule has 2 atom stereocenters. The Bertz CT molecular complexity index is 521. The first kappa shape index (κ1) is 19.7. The van der Waals surface area contributed by atoms with Gasteiger partial charge >= 0.3 is 0 Å². The highest BCUT2D eigenvalue weighted by molar-refractivity contribution is 5.81. The van der Waals surface area contributed by atoms with Crippen molar-refractivity contribution in [2.45, 2.75) is 64.5 Å². The number of halogens is 1. The molecule has 1 amide bonds. The number of rotatable bonds is 9. The Labute approximate surface area is 150 Å². The summed E-state index contributed by atoms with van der Waals surface area (Å²) in [6.07, 6.45) is 6.12. The number of benzene rings is 1. The summed E-state index contributed by atoms with van der Waals surface area (Å²) in [6, 6.07) is 6.47. The summed E-state index contributed by atoms with van der Waals surface area (Å²) in [5.74, 6) is 0.105. The Morgan fingerprint density at radius 3 is 2.76 bits per heavy atom.